The fourth-order valence-electron chi connectivity index (χ4n) is 1.01. The summed E-state index contributed by atoms with van der Waals surface area (Å²) in [4.78, 5) is 4.12. The van der Waals surface area contributed by atoms with Crippen LogP contribution in [-0.4, -0.2) is 4.98 Å². The Bertz CT molecular complexity index is 203. The Kier molecular flexibility index (Phi) is 2.10. The van der Waals surface area contributed by atoms with Gasteiger partial charge in [0, 0.05) is 6.42 Å². The Labute approximate surface area is 61.3 Å². The van der Waals surface area contributed by atoms with Crippen LogP contribution in [0.1, 0.15) is 38.1 Å². The molecular formula is C8H13NO. The lowest BCUT2D eigenvalue weighted by Gasteiger charge is -1.99. The fraction of sp³-hybridized carbons (Fsp3) is 0.625. The predicted molar refractivity (Wildman–Crippen MR) is 40.0 cm³/mol. The number of rotatable bonds is 2. The maximum Gasteiger partial charge on any atom is 0.181 e. The van der Waals surface area contributed by atoms with Gasteiger partial charge in [-0.2, -0.15) is 0 Å². The van der Waals surface area contributed by atoms with Crippen LogP contribution in [0.5, 0.6) is 0 Å². The van der Waals surface area contributed by atoms with Crippen molar-refractivity contribution in [1.29, 1.82) is 0 Å². The van der Waals surface area contributed by atoms with Gasteiger partial charge in [-0.05, 0) is 5.92 Å². The van der Waals surface area contributed by atoms with E-state index >= 15 is 0 Å². The maximum absolute atomic E-state index is 5.16. The smallest absolute Gasteiger partial charge is 0.181 e. The fourth-order valence-corrected chi connectivity index (χ4v) is 1.01. The Morgan fingerprint density at radius 1 is 1.60 bits per heavy atom. The van der Waals surface area contributed by atoms with Crippen molar-refractivity contribution in [3.8, 4) is 0 Å². The van der Waals surface area contributed by atoms with Crippen LogP contribution < -0.4 is 0 Å². The maximum atomic E-state index is 5.16. The first-order chi connectivity index (χ1) is 4.75. The van der Waals surface area contributed by atoms with E-state index in [1.807, 2.05) is 0 Å². The molecule has 0 atom stereocenters. The van der Waals surface area contributed by atoms with Crippen LogP contribution in [0.3, 0.4) is 0 Å². The molecule has 0 bridgehead atoms. The van der Waals surface area contributed by atoms with E-state index < -0.39 is 0 Å². The van der Waals surface area contributed by atoms with E-state index in [1.54, 1.807) is 0 Å². The zero-order valence-corrected chi connectivity index (χ0v) is 6.72. The first-order valence-electron chi connectivity index (χ1n) is 3.68. The highest BCUT2D eigenvalue weighted by atomic mass is 16.3. The first kappa shape index (κ1) is 7.32. The van der Waals surface area contributed by atoms with Crippen molar-refractivity contribution in [2.24, 2.45) is 0 Å². The molecule has 2 nitrogen and oxygen atoms in total. The van der Waals surface area contributed by atoms with Crippen LogP contribution in [0.15, 0.2) is 10.8 Å². The monoisotopic (exact) mass is 139 g/mol. The van der Waals surface area contributed by atoms with Gasteiger partial charge in [0.15, 0.2) is 6.39 Å². The molecule has 1 rings (SSSR count). The molecule has 1 heterocycles. The van der Waals surface area contributed by atoms with Crippen LogP contribution in [0, 0.1) is 0 Å². The number of aromatic nitrogens is 1. The highest BCUT2D eigenvalue weighted by Crippen LogP contribution is 2.17. The minimum absolute atomic E-state index is 0.480. The third-order valence-corrected chi connectivity index (χ3v) is 1.54. The molecule has 0 saturated carbocycles. The molecule has 0 aromatic carbocycles. The van der Waals surface area contributed by atoms with Crippen LogP contribution in [0.2, 0.25) is 0 Å². The Morgan fingerprint density at radius 2 is 2.30 bits per heavy atom. The molecule has 10 heavy (non-hydrogen) atoms. The zero-order valence-electron chi connectivity index (χ0n) is 6.72. The van der Waals surface area contributed by atoms with Gasteiger partial charge in [-0.3, -0.25) is 0 Å². The summed E-state index contributed by atoms with van der Waals surface area (Å²) < 4.78 is 5.16. The SMILES string of the molecule is CCc1ocnc1C(C)C. The van der Waals surface area contributed by atoms with E-state index in [0.717, 1.165) is 17.9 Å². The second-order valence-electron chi connectivity index (χ2n) is 2.67. The third kappa shape index (κ3) is 1.20. The zero-order chi connectivity index (χ0) is 7.56. The lowest BCUT2D eigenvalue weighted by Crippen LogP contribution is -1.91. The molecule has 0 amide bonds. The molecule has 0 spiro atoms. The average molecular weight is 139 g/mol. The molecule has 0 aliphatic rings. The van der Waals surface area contributed by atoms with Gasteiger partial charge in [-0.1, -0.05) is 20.8 Å². The molecule has 0 aliphatic carbocycles. The summed E-state index contributed by atoms with van der Waals surface area (Å²) in [5.41, 5.74) is 1.10. The highest BCUT2D eigenvalue weighted by Gasteiger charge is 2.08. The molecule has 0 unspecified atom stereocenters. The number of nitrogens with zero attached hydrogens (tertiary/aromatic N) is 1. The second kappa shape index (κ2) is 2.86. The summed E-state index contributed by atoms with van der Waals surface area (Å²) in [6.07, 6.45) is 2.46. The van der Waals surface area contributed by atoms with Crippen LogP contribution >= 0.6 is 0 Å². The third-order valence-electron chi connectivity index (χ3n) is 1.54. The van der Waals surface area contributed by atoms with E-state index in [-0.39, 0.29) is 0 Å². The molecule has 56 valence electrons. The molecule has 0 aliphatic heterocycles. The molecule has 1 aromatic heterocycles. The minimum atomic E-state index is 0.480. The van der Waals surface area contributed by atoms with E-state index in [0.29, 0.717) is 5.92 Å². The molecule has 0 fully saturated rings. The van der Waals surface area contributed by atoms with Gasteiger partial charge in [0.2, 0.25) is 0 Å². The molecule has 0 N–H and O–H groups in total. The van der Waals surface area contributed by atoms with Gasteiger partial charge in [0.25, 0.3) is 0 Å². The predicted octanol–water partition coefficient (Wildman–Crippen LogP) is 2.36. The number of hydrogen-bond donors (Lipinski definition) is 0. The van der Waals surface area contributed by atoms with Crippen molar-refractivity contribution < 1.29 is 4.42 Å². The van der Waals surface area contributed by atoms with E-state index in [2.05, 4.69) is 25.8 Å². The topological polar surface area (TPSA) is 26.0 Å². The van der Waals surface area contributed by atoms with Gasteiger partial charge in [-0.25, -0.2) is 4.98 Å². The van der Waals surface area contributed by atoms with Crippen LogP contribution in [0.25, 0.3) is 0 Å². The van der Waals surface area contributed by atoms with Gasteiger partial charge in [0.05, 0.1) is 5.69 Å². The Morgan fingerprint density at radius 3 is 2.70 bits per heavy atom. The summed E-state index contributed by atoms with van der Waals surface area (Å²) in [5, 5.41) is 0. The molecule has 2 heteroatoms. The van der Waals surface area contributed by atoms with Crippen LogP contribution in [-0.2, 0) is 6.42 Å². The van der Waals surface area contributed by atoms with Crippen LogP contribution in [0.4, 0.5) is 0 Å². The highest BCUT2D eigenvalue weighted by molar-refractivity contribution is 5.10. The Hall–Kier alpha value is -0.790. The normalized spacial score (nSPS) is 10.8. The van der Waals surface area contributed by atoms with Crippen molar-refractivity contribution in [3.05, 3.63) is 17.8 Å². The van der Waals surface area contributed by atoms with Crippen molar-refractivity contribution >= 4 is 0 Å². The molecular weight excluding hydrogens is 126 g/mol. The standard InChI is InChI=1S/C8H13NO/c1-4-7-8(6(2)3)9-5-10-7/h5-6H,4H2,1-3H3. The second-order valence-corrected chi connectivity index (χ2v) is 2.67. The summed E-state index contributed by atoms with van der Waals surface area (Å²) in [7, 11) is 0. The number of hydrogen-bond acceptors (Lipinski definition) is 2. The summed E-state index contributed by atoms with van der Waals surface area (Å²) in [6, 6.07) is 0. The van der Waals surface area contributed by atoms with Gasteiger partial charge in [0.1, 0.15) is 5.76 Å². The Balaban J connectivity index is 2.90. The minimum Gasteiger partial charge on any atom is -0.448 e. The summed E-state index contributed by atoms with van der Waals surface area (Å²) in [5.74, 6) is 1.50. The summed E-state index contributed by atoms with van der Waals surface area (Å²) in [6.45, 7) is 6.32. The van der Waals surface area contributed by atoms with E-state index in [1.165, 1.54) is 6.39 Å². The first-order valence-corrected chi connectivity index (χ1v) is 3.68. The number of aryl methyl sites for hydroxylation is 1. The average Bonchev–Trinajstić information content (AvgIpc) is 2.33. The quantitative estimate of drug-likeness (QED) is 0.628. The molecule has 0 saturated heterocycles. The van der Waals surface area contributed by atoms with E-state index in [9.17, 15) is 0 Å². The van der Waals surface area contributed by atoms with Crippen molar-refractivity contribution in [2.45, 2.75) is 33.1 Å². The lowest BCUT2D eigenvalue weighted by atomic mass is 10.1. The largest absolute Gasteiger partial charge is 0.448 e. The summed E-state index contributed by atoms with van der Waals surface area (Å²) >= 11 is 0. The van der Waals surface area contributed by atoms with Gasteiger partial charge >= 0.3 is 0 Å². The van der Waals surface area contributed by atoms with Crippen molar-refractivity contribution in [1.82, 2.24) is 4.98 Å². The lowest BCUT2D eigenvalue weighted by molar-refractivity contribution is 0.505. The van der Waals surface area contributed by atoms with Gasteiger partial charge < -0.3 is 4.42 Å². The van der Waals surface area contributed by atoms with Crippen molar-refractivity contribution in [2.75, 3.05) is 0 Å². The molecule has 0 radical (unpaired) electrons. The number of oxazole rings is 1. The van der Waals surface area contributed by atoms with E-state index in [4.69, 9.17) is 4.42 Å². The van der Waals surface area contributed by atoms with Crippen molar-refractivity contribution in [3.63, 3.8) is 0 Å². The molecule has 1 aromatic rings. The van der Waals surface area contributed by atoms with Gasteiger partial charge in [-0.15, -0.1) is 0 Å².